The Morgan fingerprint density at radius 1 is 1.09 bits per heavy atom. The molecule has 122 valence electrons. The summed E-state index contributed by atoms with van der Waals surface area (Å²) < 4.78 is 4.51. The van der Waals surface area contributed by atoms with Crippen LogP contribution in [0.4, 0.5) is 0 Å². The van der Waals surface area contributed by atoms with E-state index in [0.717, 1.165) is 4.90 Å². The maximum Gasteiger partial charge on any atom is 0.313 e. The molecule has 0 N–H and O–H groups in total. The number of nitrogens with zero attached hydrogens (tertiary/aromatic N) is 1. The lowest BCUT2D eigenvalue weighted by molar-refractivity contribution is -0.144. The SMILES string of the molecule is COC(=O)CC(=O)C(CC(C)C)N1C(=O)c2ccccc2C1=O. The highest BCUT2D eigenvalue weighted by Crippen LogP contribution is 2.27. The fourth-order valence-corrected chi connectivity index (χ4v) is 2.65. The average molecular weight is 317 g/mol. The number of imide groups is 1. The van der Waals surface area contributed by atoms with E-state index in [9.17, 15) is 19.2 Å². The van der Waals surface area contributed by atoms with Crippen molar-refractivity contribution < 1.29 is 23.9 Å². The van der Waals surface area contributed by atoms with Crippen LogP contribution >= 0.6 is 0 Å². The quantitative estimate of drug-likeness (QED) is 0.454. The van der Waals surface area contributed by atoms with E-state index in [1.54, 1.807) is 24.3 Å². The van der Waals surface area contributed by atoms with Gasteiger partial charge in [0.15, 0.2) is 5.78 Å². The van der Waals surface area contributed by atoms with Gasteiger partial charge >= 0.3 is 5.97 Å². The first-order valence-electron chi connectivity index (χ1n) is 7.43. The van der Waals surface area contributed by atoms with Crippen molar-refractivity contribution in [2.24, 2.45) is 5.92 Å². The number of ketones is 1. The zero-order valence-electron chi connectivity index (χ0n) is 13.4. The number of benzene rings is 1. The first-order valence-corrected chi connectivity index (χ1v) is 7.43. The third kappa shape index (κ3) is 3.31. The number of amides is 2. The Labute approximate surface area is 134 Å². The lowest BCUT2D eigenvalue weighted by Gasteiger charge is -2.26. The summed E-state index contributed by atoms with van der Waals surface area (Å²) in [6.07, 6.45) is -0.150. The number of methoxy groups -OCH3 is 1. The minimum Gasteiger partial charge on any atom is -0.469 e. The monoisotopic (exact) mass is 317 g/mol. The van der Waals surface area contributed by atoms with Crippen molar-refractivity contribution in [3.63, 3.8) is 0 Å². The van der Waals surface area contributed by atoms with Gasteiger partial charge in [0.25, 0.3) is 11.8 Å². The molecule has 1 aromatic carbocycles. The Hall–Kier alpha value is -2.50. The molecule has 2 rings (SSSR count). The first-order chi connectivity index (χ1) is 10.9. The Morgan fingerprint density at radius 2 is 1.61 bits per heavy atom. The number of hydrogen-bond donors (Lipinski definition) is 0. The molecule has 1 heterocycles. The Kier molecular flexibility index (Phi) is 4.93. The minimum absolute atomic E-state index is 0.0749. The third-order valence-electron chi connectivity index (χ3n) is 3.75. The molecular formula is C17H19NO5. The molecular weight excluding hydrogens is 298 g/mol. The molecule has 0 spiro atoms. The molecule has 23 heavy (non-hydrogen) atoms. The smallest absolute Gasteiger partial charge is 0.313 e. The maximum absolute atomic E-state index is 12.5. The number of ether oxygens (including phenoxy) is 1. The highest BCUT2D eigenvalue weighted by molar-refractivity contribution is 6.23. The van der Waals surface area contributed by atoms with E-state index < -0.39 is 36.0 Å². The summed E-state index contributed by atoms with van der Waals surface area (Å²) in [6.45, 7) is 3.77. The van der Waals surface area contributed by atoms with E-state index in [1.807, 2.05) is 13.8 Å². The third-order valence-corrected chi connectivity index (χ3v) is 3.75. The number of fused-ring (bicyclic) bond motifs is 1. The molecule has 0 bridgehead atoms. The van der Waals surface area contributed by atoms with Gasteiger partial charge in [0.05, 0.1) is 24.3 Å². The van der Waals surface area contributed by atoms with Gasteiger partial charge in [-0.15, -0.1) is 0 Å². The molecule has 1 aliphatic rings. The Morgan fingerprint density at radius 3 is 2.04 bits per heavy atom. The van der Waals surface area contributed by atoms with Crippen LogP contribution in [0.2, 0.25) is 0 Å². The van der Waals surface area contributed by atoms with E-state index in [1.165, 1.54) is 7.11 Å². The Balaban J connectivity index is 2.34. The summed E-state index contributed by atoms with van der Waals surface area (Å²) in [4.78, 5) is 49.8. The molecule has 0 saturated heterocycles. The Bertz CT molecular complexity index is 630. The van der Waals surface area contributed by atoms with E-state index in [-0.39, 0.29) is 17.0 Å². The molecule has 0 saturated carbocycles. The van der Waals surface area contributed by atoms with Crippen molar-refractivity contribution in [3.8, 4) is 0 Å². The van der Waals surface area contributed by atoms with Gasteiger partial charge in [-0.05, 0) is 24.5 Å². The maximum atomic E-state index is 12.5. The number of hydrogen-bond acceptors (Lipinski definition) is 5. The topological polar surface area (TPSA) is 80.8 Å². The van der Waals surface area contributed by atoms with Crippen LogP contribution in [0.15, 0.2) is 24.3 Å². The van der Waals surface area contributed by atoms with Gasteiger partial charge in [-0.25, -0.2) is 0 Å². The molecule has 6 heteroatoms. The lowest BCUT2D eigenvalue weighted by atomic mass is 9.97. The minimum atomic E-state index is -0.957. The second kappa shape index (κ2) is 6.73. The fraction of sp³-hybridized carbons (Fsp3) is 0.412. The zero-order valence-corrected chi connectivity index (χ0v) is 13.4. The van der Waals surface area contributed by atoms with Gasteiger partial charge in [-0.1, -0.05) is 26.0 Å². The second-order valence-electron chi connectivity index (χ2n) is 5.89. The highest BCUT2D eigenvalue weighted by atomic mass is 16.5. The van der Waals surface area contributed by atoms with Gasteiger partial charge in [-0.3, -0.25) is 24.1 Å². The van der Waals surface area contributed by atoms with Gasteiger partial charge in [0.1, 0.15) is 6.42 Å². The van der Waals surface area contributed by atoms with Crippen molar-refractivity contribution in [2.45, 2.75) is 32.7 Å². The summed E-state index contributed by atoms with van der Waals surface area (Å²) in [5, 5.41) is 0. The molecule has 1 aromatic rings. The van der Waals surface area contributed by atoms with Gasteiger partial charge < -0.3 is 4.74 Å². The van der Waals surface area contributed by atoms with Gasteiger partial charge in [0.2, 0.25) is 0 Å². The molecule has 1 unspecified atom stereocenters. The number of carbonyl (C=O) groups is 4. The van der Waals surface area contributed by atoms with Crippen LogP contribution in [0.3, 0.4) is 0 Å². The van der Waals surface area contributed by atoms with Gasteiger partial charge in [-0.2, -0.15) is 0 Å². The summed E-state index contributed by atoms with van der Waals surface area (Å²) in [5.74, 6) is -2.07. The fourth-order valence-electron chi connectivity index (χ4n) is 2.65. The predicted octanol–water partition coefficient (Wildman–Crippen LogP) is 1.83. The van der Waals surface area contributed by atoms with Crippen molar-refractivity contribution in [2.75, 3.05) is 7.11 Å². The first kappa shape index (κ1) is 16.9. The highest BCUT2D eigenvalue weighted by Gasteiger charge is 2.42. The van der Waals surface area contributed by atoms with Crippen LogP contribution in [0.25, 0.3) is 0 Å². The largest absolute Gasteiger partial charge is 0.469 e. The summed E-state index contributed by atoms with van der Waals surface area (Å²) >= 11 is 0. The molecule has 1 atom stereocenters. The molecule has 0 radical (unpaired) electrons. The number of Topliss-reactive ketones (excluding diaryl/α,β-unsaturated/α-hetero) is 1. The van der Waals surface area contributed by atoms with Gasteiger partial charge in [0, 0.05) is 0 Å². The van der Waals surface area contributed by atoms with Crippen LogP contribution in [0, 0.1) is 5.92 Å². The van der Waals surface area contributed by atoms with Crippen molar-refractivity contribution >= 4 is 23.6 Å². The van der Waals surface area contributed by atoms with Crippen molar-refractivity contribution in [1.29, 1.82) is 0 Å². The van der Waals surface area contributed by atoms with Crippen molar-refractivity contribution in [3.05, 3.63) is 35.4 Å². The predicted molar refractivity (Wildman–Crippen MR) is 81.8 cm³/mol. The van der Waals surface area contributed by atoms with Crippen molar-refractivity contribution in [1.82, 2.24) is 4.90 Å². The van der Waals surface area contributed by atoms with E-state index in [2.05, 4.69) is 4.74 Å². The zero-order chi connectivity index (χ0) is 17.1. The summed E-state index contributed by atoms with van der Waals surface area (Å²) in [6, 6.07) is 5.50. The van der Waals surface area contributed by atoms with E-state index >= 15 is 0 Å². The number of carbonyl (C=O) groups excluding carboxylic acids is 4. The average Bonchev–Trinajstić information content (AvgIpc) is 2.77. The molecule has 2 amide bonds. The molecule has 0 fully saturated rings. The standard InChI is InChI=1S/C17H19NO5/c1-10(2)8-13(14(19)9-15(20)23-3)18-16(21)11-6-4-5-7-12(11)17(18)22/h4-7,10,13H,8-9H2,1-3H3. The summed E-state index contributed by atoms with van der Waals surface area (Å²) in [5.41, 5.74) is 0.578. The van der Waals surface area contributed by atoms with Crippen LogP contribution in [-0.4, -0.2) is 41.6 Å². The van der Waals surface area contributed by atoms with E-state index in [4.69, 9.17) is 0 Å². The lowest BCUT2D eigenvalue weighted by Crippen LogP contribution is -2.46. The van der Waals surface area contributed by atoms with E-state index in [0.29, 0.717) is 6.42 Å². The number of esters is 1. The normalized spacial score (nSPS) is 14.9. The van der Waals surface area contributed by atoms with Crippen LogP contribution in [0.5, 0.6) is 0 Å². The molecule has 6 nitrogen and oxygen atoms in total. The molecule has 0 aromatic heterocycles. The second-order valence-corrected chi connectivity index (χ2v) is 5.89. The van der Waals surface area contributed by atoms with Crippen LogP contribution in [-0.2, 0) is 14.3 Å². The summed E-state index contributed by atoms with van der Waals surface area (Å²) in [7, 11) is 1.19. The number of rotatable bonds is 6. The molecule has 1 aliphatic heterocycles. The molecule has 0 aliphatic carbocycles. The van der Waals surface area contributed by atoms with Crippen LogP contribution < -0.4 is 0 Å². The van der Waals surface area contributed by atoms with Crippen LogP contribution in [0.1, 0.15) is 47.4 Å².